The van der Waals surface area contributed by atoms with Gasteiger partial charge in [-0.3, -0.25) is 4.90 Å². The second-order valence-corrected chi connectivity index (χ2v) is 7.87. The van der Waals surface area contributed by atoms with E-state index in [1.807, 2.05) is 12.1 Å². The number of aromatic nitrogens is 3. The van der Waals surface area contributed by atoms with Crippen LogP contribution in [0, 0.1) is 12.8 Å². The molecule has 4 rings (SSSR count). The number of aryl methyl sites for hydroxylation is 1. The highest BCUT2D eigenvalue weighted by Gasteiger charge is 2.38. The van der Waals surface area contributed by atoms with Gasteiger partial charge in [0.2, 0.25) is 5.95 Å². The average Bonchev–Trinajstić information content (AvgIpc) is 3.16. The number of alkyl halides is 2. The molecule has 6 nitrogen and oxygen atoms in total. The predicted molar refractivity (Wildman–Crippen MR) is 103 cm³/mol. The maximum atomic E-state index is 13.6. The number of halogens is 2. The molecule has 0 unspecified atom stereocenters. The van der Waals surface area contributed by atoms with Crippen molar-refractivity contribution in [2.75, 3.05) is 25.5 Å². The standard InChI is InChI=1S/C20H27F2N5O/c1-13-5-6-18(28-2)15(8-13)11-26-7-3-4-14(10-26)16-9-17(19(21)22)27-20(25-16)23-12-24-27/h5-6,8,12,14,16-17,19H,3-4,7,9-11H2,1-2H3,(H,23,24,25)/t14-,16+,17-/m1/s1. The van der Waals surface area contributed by atoms with Crippen LogP contribution < -0.4 is 10.1 Å². The van der Waals surface area contributed by atoms with Crippen LogP contribution in [0.1, 0.15) is 36.4 Å². The molecule has 0 radical (unpaired) electrons. The molecule has 0 saturated carbocycles. The van der Waals surface area contributed by atoms with E-state index in [9.17, 15) is 8.78 Å². The summed E-state index contributed by atoms with van der Waals surface area (Å²) in [6, 6.07) is 5.30. The van der Waals surface area contributed by atoms with Crippen molar-refractivity contribution in [3.8, 4) is 5.75 Å². The Bertz CT molecular complexity index is 812. The molecule has 3 atom stereocenters. The first-order valence-corrected chi connectivity index (χ1v) is 9.85. The van der Waals surface area contributed by atoms with Crippen LogP contribution in [0.4, 0.5) is 14.7 Å². The lowest BCUT2D eigenvalue weighted by atomic mass is 9.86. The quantitative estimate of drug-likeness (QED) is 0.846. The summed E-state index contributed by atoms with van der Waals surface area (Å²) in [6.07, 6.45) is 1.37. The van der Waals surface area contributed by atoms with E-state index in [4.69, 9.17) is 4.74 Å². The van der Waals surface area contributed by atoms with Crippen LogP contribution in [0.2, 0.25) is 0 Å². The summed E-state index contributed by atoms with van der Waals surface area (Å²) < 4.78 is 34.0. The number of rotatable bonds is 5. The predicted octanol–water partition coefficient (Wildman–Crippen LogP) is 3.50. The Labute approximate surface area is 163 Å². The molecule has 3 heterocycles. The second-order valence-electron chi connectivity index (χ2n) is 7.87. The summed E-state index contributed by atoms with van der Waals surface area (Å²) in [6.45, 7) is 4.77. The third-order valence-electron chi connectivity index (χ3n) is 5.93. The Morgan fingerprint density at radius 3 is 3.00 bits per heavy atom. The fourth-order valence-electron chi connectivity index (χ4n) is 4.54. The minimum atomic E-state index is -2.44. The first kappa shape index (κ1) is 19.1. The normalized spacial score (nSPS) is 25.4. The van der Waals surface area contributed by atoms with Gasteiger partial charge in [0, 0.05) is 24.7 Å². The molecule has 0 bridgehead atoms. The highest BCUT2D eigenvalue weighted by Crippen LogP contribution is 2.35. The molecule has 2 aliphatic heterocycles. The van der Waals surface area contributed by atoms with Crippen LogP contribution in [-0.2, 0) is 6.54 Å². The summed E-state index contributed by atoms with van der Waals surface area (Å²) in [5.41, 5.74) is 2.38. The number of anilines is 1. The SMILES string of the molecule is COc1ccc(C)cc1CN1CCC[C@@H]([C@@H]2C[C@H](C(F)F)n3ncnc3N2)C1. The molecule has 1 N–H and O–H groups in total. The zero-order chi connectivity index (χ0) is 19.7. The summed E-state index contributed by atoms with van der Waals surface area (Å²) in [7, 11) is 1.69. The number of nitrogens with zero attached hydrogens (tertiary/aromatic N) is 4. The third kappa shape index (κ3) is 3.83. The van der Waals surface area contributed by atoms with Crippen LogP contribution >= 0.6 is 0 Å². The van der Waals surface area contributed by atoms with Crippen molar-refractivity contribution < 1.29 is 13.5 Å². The average molecular weight is 391 g/mol. The van der Waals surface area contributed by atoms with Gasteiger partial charge in [-0.15, -0.1) is 0 Å². The smallest absolute Gasteiger partial charge is 0.260 e. The summed E-state index contributed by atoms with van der Waals surface area (Å²) in [5, 5.41) is 7.33. The van der Waals surface area contributed by atoms with Gasteiger partial charge in [0.05, 0.1) is 7.11 Å². The first-order valence-electron chi connectivity index (χ1n) is 9.85. The van der Waals surface area contributed by atoms with Crippen molar-refractivity contribution in [2.45, 2.75) is 51.2 Å². The number of piperidine rings is 1. The van der Waals surface area contributed by atoms with Gasteiger partial charge in [-0.25, -0.2) is 13.5 Å². The lowest BCUT2D eigenvalue weighted by molar-refractivity contribution is 0.0550. The summed E-state index contributed by atoms with van der Waals surface area (Å²) >= 11 is 0. The molecule has 1 aromatic heterocycles. The summed E-state index contributed by atoms with van der Waals surface area (Å²) in [4.78, 5) is 6.54. The molecule has 152 valence electrons. The van der Waals surface area contributed by atoms with Crippen LogP contribution in [-0.4, -0.2) is 52.3 Å². The van der Waals surface area contributed by atoms with E-state index < -0.39 is 12.5 Å². The molecule has 28 heavy (non-hydrogen) atoms. The molecule has 0 amide bonds. The van der Waals surface area contributed by atoms with Crippen LogP contribution in [0.15, 0.2) is 24.5 Å². The lowest BCUT2D eigenvalue weighted by Crippen LogP contribution is -2.46. The molecular formula is C20H27F2N5O. The Morgan fingerprint density at radius 2 is 2.21 bits per heavy atom. The molecule has 8 heteroatoms. The number of fused-ring (bicyclic) bond motifs is 1. The van der Waals surface area contributed by atoms with Crippen molar-refractivity contribution in [3.05, 3.63) is 35.7 Å². The van der Waals surface area contributed by atoms with Gasteiger partial charge in [-0.1, -0.05) is 17.7 Å². The van der Waals surface area contributed by atoms with E-state index in [-0.39, 0.29) is 6.04 Å². The monoisotopic (exact) mass is 391 g/mol. The zero-order valence-corrected chi connectivity index (χ0v) is 16.3. The van der Waals surface area contributed by atoms with E-state index in [0.29, 0.717) is 18.3 Å². The van der Waals surface area contributed by atoms with Crippen LogP contribution in [0.3, 0.4) is 0 Å². The van der Waals surface area contributed by atoms with Crippen LogP contribution in [0.5, 0.6) is 5.75 Å². The molecule has 1 aromatic carbocycles. The second kappa shape index (κ2) is 8.03. The van der Waals surface area contributed by atoms with Gasteiger partial charge in [-0.2, -0.15) is 10.1 Å². The topological polar surface area (TPSA) is 55.2 Å². The lowest BCUT2D eigenvalue weighted by Gasteiger charge is -2.40. The Morgan fingerprint density at radius 1 is 1.36 bits per heavy atom. The van der Waals surface area contributed by atoms with Gasteiger partial charge >= 0.3 is 0 Å². The van der Waals surface area contributed by atoms with Crippen molar-refractivity contribution >= 4 is 5.95 Å². The van der Waals surface area contributed by atoms with Gasteiger partial charge in [-0.05, 0) is 44.7 Å². The Balaban J connectivity index is 1.47. The maximum Gasteiger partial charge on any atom is 0.260 e. The number of hydrogen-bond donors (Lipinski definition) is 1. The number of nitrogens with one attached hydrogen (secondary N) is 1. The largest absolute Gasteiger partial charge is 0.496 e. The highest BCUT2D eigenvalue weighted by atomic mass is 19.3. The van der Waals surface area contributed by atoms with E-state index in [0.717, 1.165) is 38.2 Å². The molecule has 2 aromatic rings. The Hall–Kier alpha value is -2.22. The number of likely N-dealkylation sites (tertiary alicyclic amines) is 1. The van der Waals surface area contributed by atoms with Crippen LogP contribution in [0.25, 0.3) is 0 Å². The first-order chi connectivity index (χ1) is 13.5. The molecule has 0 spiro atoms. The van der Waals surface area contributed by atoms with Gasteiger partial charge < -0.3 is 10.1 Å². The van der Waals surface area contributed by atoms with Gasteiger partial charge in [0.25, 0.3) is 6.43 Å². The minimum absolute atomic E-state index is 0.0158. The number of ether oxygens (including phenoxy) is 1. The molecular weight excluding hydrogens is 364 g/mol. The van der Waals surface area contributed by atoms with Crippen molar-refractivity contribution in [3.63, 3.8) is 0 Å². The Kier molecular flexibility index (Phi) is 5.48. The molecule has 1 fully saturated rings. The van der Waals surface area contributed by atoms with E-state index in [2.05, 4.69) is 33.3 Å². The van der Waals surface area contributed by atoms with Gasteiger partial charge in [0.15, 0.2) is 0 Å². The summed E-state index contributed by atoms with van der Waals surface area (Å²) in [5.74, 6) is 1.66. The van der Waals surface area contributed by atoms with E-state index in [1.165, 1.54) is 22.1 Å². The maximum absolute atomic E-state index is 13.6. The number of hydrogen-bond acceptors (Lipinski definition) is 5. The fraction of sp³-hybridized carbons (Fsp3) is 0.600. The fourth-order valence-corrected chi connectivity index (χ4v) is 4.54. The zero-order valence-electron chi connectivity index (χ0n) is 16.3. The highest BCUT2D eigenvalue weighted by molar-refractivity contribution is 5.37. The molecule has 0 aliphatic carbocycles. The van der Waals surface area contributed by atoms with Gasteiger partial charge in [0.1, 0.15) is 18.1 Å². The van der Waals surface area contributed by atoms with E-state index >= 15 is 0 Å². The van der Waals surface area contributed by atoms with Crippen molar-refractivity contribution in [1.82, 2.24) is 19.7 Å². The van der Waals surface area contributed by atoms with E-state index in [1.54, 1.807) is 7.11 Å². The third-order valence-corrected chi connectivity index (χ3v) is 5.93. The minimum Gasteiger partial charge on any atom is -0.496 e. The molecule has 2 aliphatic rings. The van der Waals surface area contributed by atoms with Crippen molar-refractivity contribution in [1.29, 1.82) is 0 Å². The number of benzene rings is 1. The van der Waals surface area contributed by atoms with Crippen molar-refractivity contribution in [2.24, 2.45) is 5.92 Å². The number of methoxy groups -OCH3 is 1. The molecule has 1 saturated heterocycles.